The van der Waals surface area contributed by atoms with Gasteiger partial charge < -0.3 is 9.73 Å². The maximum atomic E-state index is 12.4. The second kappa shape index (κ2) is 7.56. The number of urea groups is 1. The van der Waals surface area contributed by atoms with E-state index < -0.39 is 11.3 Å². The van der Waals surface area contributed by atoms with Crippen LogP contribution in [0.15, 0.2) is 40.0 Å². The van der Waals surface area contributed by atoms with Gasteiger partial charge in [0.1, 0.15) is 22.5 Å². The highest BCUT2D eigenvalue weighted by atomic mass is 32.2. The zero-order valence-electron chi connectivity index (χ0n) is 14.9. The van der Waals surface area contributed by atoms with E-state index in [0.29, 0.717) is 10.6 Å². The zero-order valence-corrected chi connectivity index (χ0v) is 15.7. The van der Waals surface area contributed by atoms with Crippen molar-refractivity contribution in [2.45, 2.75) is 48.9 Å². The number of carbonyl (C=O) groups excluding carboxylic acids is 2. The van der Waals surface area contributed by atoms with Crippen molar-refractivity contribution in [2.75, 3.05) is 0 Å². The molecule has 27 heavy (non-hydrogen) atoms. The van der Waals surface area contributed by atoms with Crippen LogP contribution in [0.4, 0.5) is 4.79 Å². The number of thioether (sulfide) groups is 1. The summed E-state index contributed by atoms with van der Waals surface area (Å²) in [4.78, 5) is 32.9. The van der Waals surface area contributed by atoms with Gasteiger partial charge >= 0.3 is 6.03 Å². The van der Waals surface area contributed by atoms with Crippen molar-refractivity contribution in [3.63, 3.8) is 0 Å². The highest BCUT2D eigenvalue weighted by molar-refractivity contribution is 8.00. The quantitative estimate of drug-likeness (QED) is 0.527. The molecule has 0 unspecified atom stereocenters. The average molecular weight is 384 g/mol. The molecule has 3 aromatic rings. The first-order chi connectivity index (χ1) is 13.1. The Morgan fingerprint density at radius 1 is 1.22 bits per heavy atom. The Hall–Kier alpha value is -2.61. The molecule has 1 aromatic carbocycles. The largest absolute Gasteiger partial charge is 0.451 e. The average Bonchev–Trinajstić information content (AvgIpc) is 3.29. The van der Waals surface area contributed by atoms with Crippen molar-refractivity contribution in [3.8, 4) is 0 Å². The van der Waals surface area contributed by atoms with E-state index in [2.05, 4.69) is 20.6 Å². The van der Waals surface area contributed by atoms with Gasteiger partial charge in [-0.05, 0) is 31.9 Å². The van der Waals surface area contributed by atoms with E-state index in [4.69, 9.17) is 4.42 Å². The Morgan fingerprint density at radius 3 is 2.81 bits per heavy atom. The fourth-order valence-corrected chi connectivity index (χ4v) is 4.17. The molecule has 1 atom stereocenters. The van der Waals surface area contributed by atoms with Crippen LogP contribution in [0.25, 0.3) is 22.1 Å². The lowest BCUT2D eigenvalue weighted by Crippen LogP contribution is -2.45. The number of carbonyl (C=O) groups is 2. The summed E-state index contributed by atoms with van der Waals surface area (Å²) in [5, 5.41) is 6.25. The van der Waals surface area contributed by atoms with Crippen LogP contribution in [-0.4, -0.2) is 33.2 Å². The number of amides is 3. The van der Waals surface area contributed by atoms with E-state index in [-0.39, 0.29) is 11.9 Å². The maximum Gasteiger partial charge on any atom is 0.321 e. The van der Waals surface area contributed by atoms with E-state index >= 15 is 0 Å². The number of nitrogens with one attached hydrogen (secondary N) is 2. The minimum atomic E-state index is -0.509. The lowest BCUT2D eigenvalue weighted by Gasteiger charge is -2.14. The van der Waals surface area contributed by atoms with E-state index in [9.17, 15) is 9.59 Å². The minimum absolute atomic E-state index is 0.165. The Bertz CT molecular complexity index is 997. The summed E-state index contributed by atoms with van der Waals surface area (Å²) in [6.45, 7) is 1.74. The van der Waals surface area contributed by atoms with Crippen LogP contribution in [0.5, 0.6) is 0 Å². The molecule has 0 radical (unpaired) electrons. The van der Waals surface area contributed by atoms with Gasteiger partial charge in [0.05, 0.1) is 5.25 Å². The number of nitrogens with zero attached hydrogens (tertiary/aromatic N) is 2. The Morgan fingerprint density at radius 2 is 2.00 bits per heavy atom. The number of fused-ring (bicyclic) bond motifs is 3. The normalized spacial score (nSPS) is 15.9. The van der Waals surface area contributed by atoms with E-state index in [1.54, 1.807) is 6.92 Å². The van der Waals surface area contributed by atoms with Gasteiger partial charge in [0, 0.05) is 11.4 Å². The summed E-state index contributed by atoms with van der Waals surface area (Å²) in [6, 6.07) is 7.35. The molecule has 140 valence electrons. The number of benzene rings is 1. The molecule has 1 saturated carbocycles. The van der Waals surface area contributed by atoms with Gasteiger partial charge in [0.2, 0.25) is 5.91 Å². The molecule has 2 heterocycles. The van der Waals surface area contributed by atoms with Crippen molar-refractivity contribution < 1.29 is 14.0 Å². The summed E-state index contributed by atoms with van der Waals surface area (Å²) in [5.41, 5.74) is 2.00. The molecule has 0 saturated heterocycles. The van der Waals surface area contributed by atoms with Crippen LogP contribution < -0.4 is 10.6 Å². The molecule has 2 aromatic heterocycles. The molecule has 0 spiro atoms. The van der Waals surface area contributed by atoms with Crippen LogP contribution >= 0.6 is 11.8 Å². The molecular formula is C19H20N4O3S. The smallest absolute Gasteiger partial charge is 0.321 e. The van der Waals surface area contributed by atoms with Crippen molar-refractivity contribution in [3.05, 3.63) is 30.6 Å². The predicted molar refractivity (Wildman–Crippen MR) is 104 cm³/mol. The van der Waals surface area contributed by atoms with Gasteiger partial charge in [-0.15, -0.1) is 0 Å². The number of furan rings is 1. The molecule has 0 aliphatic heterocycles. The highest BCUT2D eigenvalue weighted by Crippen LogP contribution is 2.33. The van der Waals surface area contributed by atoms with Crippen molar-refractivity contribution in [2.24, 2.45) is 0 Å². The topological polar surface area (TPSA) is 97.1 Å². The first kappa shape index (κ1) is 17.8. The predicted octanol–water partition coefficient (Wildman–Crippen LogP) is 3.63. The Balaban J connectivity index is 1.46. The molecule has 7 nitrogen and oxygen atoms in total. The van der Waals surface area contributed by atoms with Gasteiger partial charge in [-0.3, -0.25) is 10.1 Å². The zero-order chi connectivity index (χ0) is 18.8. The Kier molecular flexibility index (Phi) is 4.98. The Labute approximate surface area is 160 Å². The van der Waals surface area contributed by atoms with E-state index in [1.807, 2.05) is 24.3 Å². The van der Waals surface area contributed by atoms with E-state index in [1.165, 1.54) is 18.1 Å². The third-order valence-corrected chi connectivity index (χ3v) is 5.79. The summed E-state index contributed by atoms with van der Waals surface area (Å²) >= 11 is 1.24. The molecule has 0 bridgehead atoms. The fourth-order valence-electron chi connectivity index (χ4n) is 3.31. The number of imide groups is 1. The number of hydrogen-bond donors (Lipinski definition) is 2. The van der Waals surface area contributed by atoms with Crippen LogP contribution in [0.2, 0.25) is 0 Å². The second-order valence-corrected chi connectivity index (χ2v) is 7.99. The monoisotopic (exact) mass is 384 g/mol. The van der Waals surface area contributed by atoms with Gasteiger partial charge in [0.25, 0.3) is 0 Å². The van der Waals surface area contributed by atoms with Gasteiger partial charge in [-0.25, -0.2) is 14.8 Å². The van der Waals surface area contributed by atoms with Gasteiger partial charge in [-0.1, -0.05) is 36.7 Å². The van der Waals surface area contributed by atoms with Gasteiger partial charge in [0.15, 0.2) is 5.58 Å². The minimum Gasteiger partial charge on any atom is -0.451 e. The SMILES string of the molecule is C[C@H](Sc1ncnc2c1oc1ccccc12)C(=O)NC(=O)NC1CCCC1. The lowest BCUT2D eigenvalue weighted by molar-refractivity contribution is -0.119. The first-order valence-electron chi connectivity index (χ1n) is 9.02. The number of para-hydroxylation sites is 1. The number of rotatable bonds is 4. The van der Waals surface area contributed by atoms with Crippen LogP contribution in [0, 0.1) is 0 Å². The highest BCUT2D eigenvalue weighted by Gasteiger charge is 2.23. The fraction of sp³-hybridized carbons (Fsp3) is 0.368. The molecule has 8 heteroatoms. The van der Waals surface area contributed by atoms with Crippen LogP contribution in [0.3, 0.4) is 0 Å². The first-order valence-corrected chi connectivity index (χ1v) is 9.90. The summed E-state index contributed by atoms with van der Waals surface area (Å²) in [7, 11) is 0. The molecule has 1 fully saturated rings. The molecule has 1 aliphatic carbocycles. The van der Waals surface area contributed by atoms with E-state index in [0.717, 1.165) is 42.2 Å². The number of hydrogen-bond acceptors (Lipinski definition) is 6. The van der Waals surface area contributed by atoms with Crippen LogP contribution in [0.1, 0.15) is 32.6 Å². The standard InChI is InChI=1S/C19H20N4O3S/c1-11(17(24)23-19(25)22-12-6-2-3-7-12)27-18-16-15(20-10-21-18)13-8-4-5-9-14(13)26-16/h4-5,8-12H,2-3,6-7H2,1H3,(H2,22,23,24,25)/t11-/m0/s1. The lowest BCUT2D eigenvalue weighted by atomic mass is 10.2. The van der Waals surface area contributed by atoms with Crippen molar-refractivity contribution in [1.82, 2.24) is 20.6 Å². The molecule has 1 aliphatic rings. The third kappa shape index (κ3) is 3.75. The summed E-state index contributed by atoms with van der Waals surface area (Å²) < 4.78 is 5.88. The molecule has 3 amide bonds. The second-order valence-electron chi connectivity index (χ2n) is 6.66. The third-order valence-electron chi connectivity index (χ3n) is 4.71. The van der Waals surface area contributed by atoms with Crippen molar-refractivity contribution >= 4 is 45.8 Å². The molecule has 4 rings (SSSR count). The summed E-state index contributed by atoms with van der Waals surface area (Å²) in [5.74, 6) is -0.363. The number of aromatic nitrogens is 2. The molecule has 2 N–H and O–H groups in total. The maximum absolute atomic E-state index is 12.4. The van der Waals surface area contributed by atoms with Crippen LogP contribution in [-0.2, 0) is 4.79 Å². The summed E-state index contributed by atoms with van der Waals surface area (Å²) in [6.07, 6.45) is 5.64. The van der Waals surface area contributed by atoms with Crippen molar-refractivity contribution in [1.29, 1.82) is 0 Å². The van der Waals surface area contributed by atoms with Gasteiger partial charge in [-0.2, -0.15) is 0 Å². The molecular weight excluding hydrogens is 364 g/mol.